The number of hydrogen-bond donors (Lipinski definition) is 4. The van der Waals surface area contributed by atoms with Crippen LogP contribution in [0.5, 0.6) is 0 Å². The molecule has 0 spiro atoms. The molecule has 1 aliphatic heterocycles. The first-order valence-electron chi connectivity index (χ1n) is 3.38. The fourth-order valence-electron chi connectivity index (χ4n) is 1.12. The molecule has 1 heterocycles. The molecule has 11 heavy (non-hydrogen) atoms. The van der Waals surface area contributed by atoms with E-state index in [0.717, 1.165) is 0 Å². The zero-order valence-corrected chi connectivity index (χ0v) is 6.14. The average molecular weight is 164 g/mol. The predicted molar refractivity (Wildman–Crippen MR) is 34.6 cm³/mol. The van der Waals surface area contributed by atoms with Crippen molar-refractivity contribution in [3.63, 3.8) is 0 Å². The topological polar surface area (TPSA) is 90.2 Å². The van der Waals surface area contributed by atoms with E-state index in [1.165, 1.54) is 6.92 Å². The Bertz CT molecular complexity index is 150. The lowest BCUT2D eigenvalue weighted by Gasteiger charge is -2.22. The molecule has 0 bridgehead atoms. The molecule has 0 saturated carbocycles. The van der Waals surface area contributed by atoms with E-state index in [2.05, 4.69) is 0 Å². The molecule has 1 rings (SSSR count). The van der Waals surface area contributed by atoms with Crippen molar-refractivity contribution in [3.05, 3.63) is 0 Å². The van der Waals surface area contributed by atoms with Crippen molar-refractivity contribution < 1.29 is 25.2 Å². The Morgan fingerprint density at radius 2 is 2.00 bits per heavy atom. The van der Waals surface area contributed by atoms with E-state index in [0.29, 0.717) is 0 Å². The van der Waals surface area contributed by atoms with Gasteiger partial charge in [-0.1, -0.05) is 0 Å². The highest BCUT2D eigenvalue weighted by molar-refractivity contribution is 4.93. The van der Waals surface area contributed by atoms with Crippen LogP contribution in [0.25, 0.3) is 0 Å². The summed E-state index contributed by atoms with van der Waals surface area (Å²) in [5.41, 5.74) is 0. The van der Waals surface area contributed by atoms with Gasteiger partial charge < -0.3 is 25.2 Å². The average Bonchev–Trinajstić information content (AvgIpc) is 2.17. The molecule has 1 saturated heterocycles. The summed E-state index contributed by atoms with van der Waals surface area (Å²) in [6, 6.07) is 0. The molecule has 1 aliphatic rings. The zero-order chi connectivity index (χ0) is 8.65. The second kappa shape index (κ2) is 2.69. The maximum Gasteiger partial charge on any atom is 0.219 e. The lowest BCUT2D eigenvalue weighted by atomic mass is 10.1. The summed E-state index contributed by atoms with van der Waals surface area (Å²) < 4.78 is 4.73. The normalized spacial score (nSPS) is 51.5. The molecule has 66 valence electrons. The Hall–Kier alpha value is -0.200. The second-order valence-corrected chi connectivity index (χ2v) is 2.76. The smallest absolute Gasteiger partial charge is 0.219 e. The molecule has 0 aromatic rings. The first-order chi connectivity index (χ1) is 5.01. The van der Waals surface area contributed by atoms with E-state index < -0.39 is 30.7 Å². The molecular weight excluding hydrogens is 152 g/mol. The van der Waals surface area contributed by atoms with Crippen molar-refractivity contribution in [2.75, 3.05) is 6.61 Å². The molecule has 0 aromatic heterocycles. The van der Waals surface area contributed by atoms with Gasteiger partial charge in [-0.05, 0) is 6.92 Å². The van der Waals surface area contributed by atoms with Gasteiger partial charge in [0.25, 0.3) is 0 Å². The van der Waals surface area contributed by atoms with Gasteiger partial charge in [0.05, 0.1) is 12.7 Å². The number of rotatable bonds is 1. The first kappa shape index (κ1) is 8.89. The predicted octanol–water partition coefficient (Wildman–Crippen LogP) is -2.19. The third-order valence-electron chi connectivity index (χ3n) is 1.88. The number of aliphatic hydroxyl groups is 4. The molecule has 5 heteroatoms. The maximum absolute atomic E-state index is 9.23. The van der Waals surface area contributed by atoms with Crippen molar-refractivity contribution in [2.45, 2.75) is 31.0 Å². The van der Waals surface area contributed by atoms with Gasteiger partial charge in [0, 0.05) is 0 Å². The van der Waals surface area contributed by atoms with Gasteiger partial charge in [0.2, 0.25) is 5.79 Å². The van der Waals surface area contributed by atoms with Crippen LogP contribution in [0, 0.1) is 0 Å². The van der Waals surface area contributed by atoms with Crippen LogP contribution in [0.3, 0.4) is 0 Å². The molecule has 0 amide bonds. The second-order valence-electron chi connectivity index (χ2n) is 2.76. The summed E-state index contributed by atoms with van der Waals surface area (Å²) in [6.07, 6.45) is -3.25. The lowest BCUT2D eigenvalue weighted by molar-refractivity contribution is -0.243. The van der Waals surface area contributed by atoms with Crippen molar-refractivity contribution in [2.24, 2.45) is 0 Å². The van der Waals surface area contributed by atoms with Crippen molar-refractivity contribution in [3.8, 4) is 0 Å². The van der Waals surface area contributed by atoms with Gasteiger partial charge in [-0.3, -0.25) is 0 Å². The van der Waals surface area contributed by atoms with E-state index in [1.54, 1.807) is 0 Å². The van der Waals surface area contributed by atoms with E-state index in [1.807, 2.05) is 0 Å². The highest BCUT2D eigenvalue weighted by Crippen LogP contribution is 2.28. The molecule has 5 nitrogen and oxygen atoms in total. The minimum absolute atomic E-state index is 0.665. The Morgan fingerprint density at radius 3 is 2.18 bits per heavy atom. The molecule has 0 aromatic carbocycles. The van der Waals surface area contributed by atoms with E-state index in [9.17, 15) is 5.11 Å². The van der Waals surface area contributed by atoms with Crippen LogP contribution in [0.4, 0.5) is 0 Å². The fraction of sp³-hybridized carbons (Fsp3) is 1.00. The van der Waals surface area contributed by atoms with Gasteiger partial charge in [0.1, 0.15) is 12.2 Å². The summed E-state index contributed by atoms with van der Waals surface area (Å²) in [6.45, 7) is 0.775. The lowest BCUT2D eigenvalue weighted by Crippen LogP contribution is -2.46. The highest BCUT2D eigenvalue weighted by Gasteiger charge is 2.51. The minimum atomic E-state index is -2.00. The fourth-order valence-corrected chi connectivity index (χ4v) is 1.12. The summed E-state index contributed by atoms with van der Waals surface area (Å²) in [5.74, 6) is -2.00. The Morgan fingerprint density at radius 1 is 1.45 bits per heavy atom. The van der Waals surface area contributed by atoms with E-state index in [4.69, 9.17) is 20.1 Å². The van der Waals surface area contributed by atoms with Crippen LogP contribution in [0.15, 0.2) is 0 Å². The Labute approximate surface area is 63.8 Å². The standard InChI is InChI=1S/C6H12O5/c1-3-4(8)5(9)6(10,2-7)11-3/h3-5,7-10H,2H2,1H3/t3-,4+,5?,6+/m0/s1. The van der Waals surface area contributed by atoms with E-state index >= 15 is 0 Å². The van der Waals surface area contributed by atoms with Crippen LogP contribution < -0.4 is 0 Å². The summed E-state index contributed by atoms with van der Waals surface area (Å²) in [5, 5.41) is 36.0. The third kappa shape index (κ3) is 1.25. The Balaban J connectivity index is 2.73. The molecular formula is C6H12O5. The number of aliphatic hydroxyl groups excluding tert-OH is 3. The summed E-state index contributed by atoms with van der Waals surface area (Å²) in [7, 11) is 0. The quantitative estimate of drug-likeness (QED) is 0.353. The van der Waals surface area contributed by atoms with Crippen molar-refractivity contribution in [1.82, 2.24) is 0 Å². The summed E-state index contributed by atoms with van der Waals surface area (Å²) >= 11 is 0. The van der Waals surface area contributed by atoms with Crippen LogP contribution in [-0.4, -0.2) is 51.1 Å². The van der Waals surface area contributed by atoms with Gasteiger partial charge in [0.15, 0.2) is 0 Å². The molecule has 1 fully saturated rings. The largest absolute Gasteiger partial charge is 0.391 e. The number of ether oxygens (including phenoxy) is 1. The van der Waals surface area contributed by atoms with E-state index in [-0.39, 0.29) is 0 Å². The zero-order valence-electron chi connectivity index (χ0n) is 6.14. The van der Waals surface area contributed by atoms with Crippen LogP contribution in [0.2, 0.25) is 0 Å². The number of hydrogen-bond acceptors (Lipinski definition) is 5. The van der Waals surface area contributed by atoms with Gasteiger partial charge in [-0.15, -0.1) is 0 Å². The van der Waals surface area contributed by atoms with Crippen LogP contribution in [-0.2, 0) is 4.74 Å². The van der Waals surface area contributed by atoms with Gasteiger partial charge in [-0.25, -0.2) is 0 Å². The maximum atomic E-state index is 9.23. The minimum Gasteiger partial charge on any atom is -0.391 e. The third-order valence-corrected chi connectivity index (χ3v) is 1.88. The Kier molecular flexibility index (Phi) is 2.17. The first-order valence-corrected chi connectivity index (χ1v) is 3.38. The SMILES string of the molecule is C[C@@H]1O[C@](O)(CO)C(O)[C@@H]1O. The molecule has 0 aliphatic carbocycles. The van der Waals surface area contributed by atoms with Crippen LogP contribution >= 0.6 is 0 Å². The van der Waals surface area contributed by atoms with Gasteiger partial charge in [-0.2, -0.15) is 0 Å². The monoisotopic (exact) mass is 164 g/mol. The molecule has 1 unspecified atom stereocenters. The molecule has 0 radical (unpaired) electrons. The van der Waals surface area contributed by atoms with Crippen molar-refractivity contribution >= 4 is 0 Å². The summed E-state index contributed by atoms with van der Waals surface area (Å²) in [4.78, 5) is 0. The molecule has 4 atom stereocenters. The van der Waals surface area contributed by atoms with Crippen LogP contribution in [0.1, 0.15) is 6.92 Å². The van der Waals surface area contributed by atoms with Gasteiger partial charge >= 0.3 is 0 Å². The molecule has 4 N–H and O–H groups in total. The highest BCUT2D eigenvalue weighted by atomic mass is 16.7. The van der Waals surface area contributed by atoms with Crippen molar-refractivity contribution in [1.29, 1.82) is 0 Å².